The normalized spacial score (nSPS) is 16.2. The van der Waals surface area contributed by atoms with Crippen LogP contribution in [0.1, 0.15) is 12.5 Å². The number of methoxy groups -OCH3 is 1. The van der Waals surface area contributed by atoms with Crippen molar-refractivity contribution < 1.29 is 29.0 Å². The summed E-state index contributed by atoms with van der Waals surface area (Å²) >= 11 is 11.1. The number of rotatable bonds is 6. The lowest BCUT2D eigenvalue weighted by Gasteiger charge is -2.29. The molecule has 8 nitrogen and oxygen atoms in total. The molecule has 2 N–H and O–H groups in total. The molecule has 2 aromatic carbocycles. The van der Waals surface area contributed by atoms with Crippen molar-refractivity contribution in [2.45, 2.75) is 13.0 Å². The van der Waals surface area contributed by atoms with Gasteiger partial charge in [-0.1, -0.05) is 23.7 Å². The number of carboxylic acid groups (broad SMARTS) is 1. The number of hydrogen-bond acceptors (Lipinski definition) is 6. The third-order valence-corrected chi connectivity index (χ3v) is 4.89. The fourth-order valence-electron chi connectivity index (χ4n) is 2.80. The van der Waals surface area contributed by atoms with Crippen LogP contribution in [0.4, 0.5) is 5.69 Å². The highest BCUT2D eigenvalue weighted by molar-refractivity contribution is 7.80. The van der Waals surface area contributed by atoms with Gasteiger partial charge >= 0.3 is 5.97 Å². The second-order valence-electron chi connectivity index (χ2n) is 6.41. The zero-order chi connectivity index (χ0) is 22.7. The molecule has 3 rings (SSSR count). The number of aliphatic carboxylic acids is 1. The number of thiocarbonyl (C=S) groups is 1. The predicted octanol–water partition coefficient (Wildman–Crippen LogP) is 3.03. The maximum absolute atomic E-state index is 13.1. The summed E-state index contributed by atoms with van der Waals surface area (Å²) in [5.41, 5.74) is 0.492. The molecule has 1 saturated heterocycles. The van der Waals surface area contributed by atoms with E-state index in [0.717, 1.165) is 0 Å². The van der Waals surface area contributed by atoms with E-state index in [2.05, 4.69) is 5.32 Å². The second kappa shape index (κ2) is 9.15. The Morgan fingerprint density at radius 2 is 1.90 bits per heavy atom. The van der Waals surface area contributed by atoms with E-state index in [1.165, 1.54) is 25.0 Å². The molecule has 10 heteroatoms. The molecule has 1 aliphatic heterocycles. The van der Waals surface area contributed by atoms with Crippen molar-refractivity contribution in [3.05, 3.63) is 58.6 Å². The van der Waals surface area contributed by atoms with Crippen molar-refractivity contribution in [3.8, 4) is 11.5 Å². The summed E-state index contributed by atoms with van der Waals surface area (Å²) in [5.74, 6) is -2.21. The largest absolute Gasteiger partial charge is 0.493 e. The number of ether oxygens (including phenoxy) is 2. The summed E-state index contributed by atoms with van der Waals surface area (Å²) < 4.78 is 10.8. The molecule has 2 aromatic rings. The highest BCUT2D eigenvalue weighted by Crippen LogP contribution is 2.34. The molecule has 1 atom stereocenters. The Balaban J connectivity index is 2.06. The zero-order valence-corrected chi connectivity index (χ0v) is 18.0. The molecule has 2 amide bonds. The lowest BCUT2D eigenvalue weighted by atomic mass is 10.1. The van der Waals surface area contributed by atoms with Crippen LogP contribution in [0.25, 0.3) is 6.08 Å². The van der Waals surface area contributed by atoms with Crippen molar-refractivity contribution in [2.24, 2.45) is 0 Å². The number of hydrogen-bond donors (Lipinski definition) is 2. The van der Waals surface area contributed by atoms with Gasteiger partial charge in [0.2, 0.25) is 0 Å². The van der Waals surface area contributed by atoms with Crippen molar-refractivity contribution in [1.29, 1.82) is 0 Å². The van der Waals surface area contributed by atoms with Crippen LogP contribution < -0.4 is 19.7 Å². The van der Waals surface area contributed by atoms with Crippen molar-refractivity contribution in [2.75, 3.05) is 12.0 Å². The fourth-order valence-corrected chi connectivity index (χ4v) is 3.21. The molecule has 0 spiro atoms. The van der Waals surface area contributed by atoms with Gasteiger partial charge in [-0.25, -0.2) is 4.79 Å². The molecule has 0 aliphatic carbocycles. The summed E-state index contributed by atoms with van der Waals surface area (Å²) in [6, 6.07) is 11.1. The molecule has 0 unspecified atom stereocenters. The number of carbonyl (C=O) groups excluding carboxylic acids is 2. The smallest absolute Gasteiger partial charge is 0.344 e. The Bertz CT molecular complexity index is 1100. The molecule has 1 heterocycles. The van der Waals surface area contributed by atoms with E-state index < -0.39 is 23.9 Å². The van der Waals surface area contributed by atoms with Crippen LogP contribution in [0.15, 0.2) is 48.0 Å². The van der Waals surface area contributed by atoms with Gasteiger partial charge in [0, 0.05) is 10.6 Å². The van der Waals surface area contributed by atoms with E-state index in [-0.39, 0.29) is 27.7 Å². The van der Waals surface area contributed by atoms with E-state index in [9.17, 15) is 19.5 Å². The van der Waals surface area contributed by atoms with E-state index in [1.54, 1.807) is 42.5 Å². The van der Waals surface area contributed by atoms with Crippen LogP contribution in [0, 0.1) is 0 Å². The van der Waals surface area contributed by atoms with Crippen molar-refractivity contribution in [3.63, 3.8) is 0 Å². The minimum absolute atomic E-state index is 0.0731. The zero-order valence-electron chi connectivity index (χ0n) is 16.4. The number of carboxylic acids is 1. The van der Waals surface area contributed by atoms with E-state index >= 15 is 0 Å². The van der Waals surface area contributed by atoms with Gasteiger partial charge in [0.25, 0.3) is 11.8 Å². The third kappa shape index (κ3) is 4.68. The third-order valence-electron chi connectivity index (χ3n) is 4.36. The van der Waals surface area contributed by atoms with Crippen molar-refractivity contribution in [1.82, 2.24) is 5.32 Å². The summed E-state index contributed by atoms with van der Waals surface area (Å²) in [6.45, 7) is 1.35. The van der Waals surface area contributed by atoms with Gasteiger partial charge in [-0.15, -0.1) is 0 Å². The van der Waals surface area contributed by atoms with Crippen LogP contribution in [0.5, 0.6) is 11.5 Å². The number of carbonyl (C=O) groups is 3. The van der Waals surface area contributed by atoms with Crippen LogP contribution in [0.2, 0.25) is 5.02 Å². The first kappa shape index (κ1) is 22.3. The maximum atomic E-state index is 13.1. The lowest BCUT2D eigenvalue weighted by molar-refractivity contribution is -0.144. The summed E-state index contributed by atoms with van der Waals surface area (Å²) in [5, 5.41) is 12.1. The minimum Gasteiger partial charge on any atom is -0.493 e. The van der Waals surface area contributed by atoms with E-state index in [4.69, 9.17) is 33.3 Å². The predicted molar refractivity (Wildman–Crippen MR) is 118 cm³/mol. The molecule has 160 valence electrons. The van der Waals surface area contributed by atoms with E-state index in [1.807, 2.05) is 0 Å². The molecular weight excluding hydrogens is 444 g/mol. The Labute approximate surface area is 188 Å². The Morgan fingerprint density at radius 3 is 2.52 bits per heavy atom. The van der Waals surface area contributed by atoms with Gasteiger partial charge in [-0.05, 0) is 55.5 Å². The molecule has 1 aliphatic rings. The average Bonchev–Trinajstić information content (AvgIpc) is 2.73. The van der Waals surface area contributed by atoms with Gasteiger partial charge in [0.1, 0.15) is 5.57 Å². The number of anilines is 1. The lowest BCUT2D eigenvalue weighted by Crippen LogP contribution is -2.54. The standard InChI is InChI=1S/C21H17ClN2O6S/c1-11(20(27)28)30-17-12(4-3-5-16(17)29-2)10-15-18(25)23-21(31)24(19(15)26)14-8-6-13(22)7-9-14/h3-11H,1-2H3,(H,27,28)(H,23,25,31)/b15-10+/t11-/m0/s1. The second-order valence-corrected chi connectivity index (χ2v) is 7.23. The first-order chi connectivity index (χ1) is 14.7. The molecule has 0 bridgehead atoms. The molecule has 0 saturated carbocycles. The molecule has 0 radical (unpaired) electrons. The number of benzene rings is 2. The molecule has 1 fully saturated rings. The molecule has 0 aromatic heterocycles. The van der Waals surface area contributed by atoms with Gasteiger partial charge in [0.15, 0.2) is 22.7 Å². The van der Waals surface area contributed by atoms with Gasteiger partial charge in [-0.2, -0.15) is 0 Å². The van der Waals surface area contributed by atoms with Crippen LogP contribution >= 0.6 is 23.8 Å². The van der Waals surface area contributed by atoms with E-state index in [0.29, 0.717) is 10.7 Å². The summed E-state index contributed by atoms with van der Waals surface area (Å²) in [4.78, 5) is 38.1. The van der Waals surface area contributed by atoms with Gasteiger partial charge in [0.05, 0.1) is 12.8 Å². The number of para-hydroxylation sites is 1. The monoisotopic (exact) mass is 460 g/mol. The average molecular weight is 461 g/mol. The number of nitrogens with zero attached hydrogens (tertiary/aromatic N) is 1. The first-order valence-electron chi connectivity index (χ1n) is 8.96. The summed E-state index contributed by atoms with van der Waals surface area (Å²) in [6.07, 6.45) is 0.108. The highest BCUT2D eigenvalue weighted by atomic mass is 35.5. The Kier molecular flexibility index (Phi) is 6.57. The highest BCUT2D eigenvalue weighted by Gasteiger charge is 2.35. The van der Waals surface area contributed by atoms with Crippen LogP contribution in [-0.4, -0.2) is 41.2 Å². The van der Waals surface area contributed by atoms with Crippen molar-refractivity contribution >= 4 is 58.5 Å². The van der Waals surface area contributed by atoms with Gasteiger partial charge < -0.3 is 14.6 Å². The Morgan fingerprint density at radius 1 is 1.23 bits per heavy atom. The SMILES string of the molecule is COc1cccc(/C=C2\C(=O)NC(=S)N(c3ccc(Cl)cc3)C2=O)c1O[C@@H](C)C(=O)O. The number of nitrogens with one attached hydrogen (secondary N) is 1. The number of halogens is 1. The minimum atomic E-state index is -1.19. The summed E-state index contributed by atoms with van der Waals surface area (Å²) in [7, 11) is 1.39. The molecule has 31 heavy (non-hydrogen) atoms. The van der Waals surface area contributed by atoms with Crippen LogP contribution in [0.3, 0.4) is 0 Å². The maximum Gasteiger partial charge on any atom is 0.344 e. The molecular formula is C21H17ClN2O6S. The van der Waals surface area contributed by atoms with Crippen LogP contribution in [-0.2, 0) is 14.4 Å². The van der Waals surface area contributed by atoms with Gasteiger partial charge in [-0.3, -0.25) is 19.8 Å². The quantitative estimate of drug-likeness (QED) is 0.388. The Hall–Kier alpha value is -3.43. The first-order valence-corrected chi connectivity index (χ1v) is 9.75. The fraction of sp³-hybridized carbons (Fsp3) is 0.143. The number of amides is 2. The topological polar surface area (TPSA) is 105 Å².